The van der Waals surface area contributed by atoms with E-state index in [2.05, 4.69) is 0 Å². The number of likely N-dealkylation sites (tertiary alicyclic amines) is 1. The van der Waals surface area contributed by atoms with Gasteiger partial charge in [0.15, 0.2) is 0 Å². The number of benzene rings is 1. The Labute approximate surface area is 146 Å². The second kappa shape index (κ2) is 7.38. The number of carbonyl (C=O) groups is 1. The molecule has 1 aromatic carbocycles. The van der Waals surface area contributed by atoms with Crippen molar-refractivity contribution in [1.29, 1.82) is 0 Å². The van der Waals surface area contributed by atoms with Gasteiger partial charge in [0.05, 0.1) is 13.0 Å². The molecule has 2 aliphatic rings. The third-order valence-corrected chi connectivity index (χ3v) is 5.77. The Morgan fingerprint density at radius 2 is 2.21 bits per heavy atom. The second-order valence-electron chi connectivity index (χ2n) is 6.78. The fourth-order valence-corrected chi connectivity index (χ4v) is 4.19. The number of nitrogens with zero attached hydrogens (tertiary/aromatic N) is 1. The maximum atomic E-state index is 14.0. The van der Waals surface area contributed by atoms with Gasteiger partial charge in [0, 0.05) is 49.9 Å². The Bertz CT molecular complexity index is 584. The van der Waals surface area contributed by atoms with Crippen LogP contribution in [0.5, 0.6) is 0 Å². The van der Waals surface area contributed by atoms with E-state index in [1.165, 1.54) is 6.07 Å². The second-order valence-corrected chi connectivity index (χ2v) is 7.19. The summed E-state index contributed by atoms with van der Waals surface area (Å²) in [5.74, 6) is -0.206. The first-order chi connectivity index (χ1) is 11.6. The summed E-state index contributed by atoms with van der Waals surface area (Å²) >= 11 is 6.05. The topological polar surface area (TPSA) is 38.8 Å². The van der Waals surface area contributed by atoms with Gasteiger partial charge in [-0.1, -0.05) is 17.7 Å². The van der Waals surface area contributed by atoms with E-state index in [1.54, 1.807) is 19.2 Å². The van der Waals surface area contributed by atoms with Gasteiger partial charge < -0.3 is 14.4 Å². The van der Waals surface area contributed by atoms with Crippen LogP contribution >= 0.6 is 11.6 Å². The minimum absolute atomic E-state index is 0.00219. The number of carbonyl (C=O) groups excluding carboxylic acids is 1. The van der Waals surface area contributed by atoms with Crippen molar-refractivity contribution in [3.8, 4) is 0 Å². The Morgan fingerprint density at radius 3 is 2.88 bits per heavy atom. The zero-order valence-corrected chi connectivity index (χ0v) is 14.7. The summed E-state index contributed by atoms with van der Waals surface area (Å²) in [7, 11) is 1.69. The summed E-state index contributed by atoms with van der Waals surface area (Å²) < 4.78 is 24.8. The van der Waals surface area contributed by atoms with Crippen molar-refractivity contribution in [1.82, 2.24) is 4.90 Å². The zero-order chi connectivity index (χ0) is 17.2. The first-order valence-electron chi connectivity index (χ1n) is 8.33. The minimum atomic E-state index is -0.427. The molecule has 2 heterocycles. The number of halogens is 2. The molecule has 2 fully saturated rings. The van der Waals surface area contributed by atoms with Crippen molar-refractivity contribution < 1.29 is 18.7 Å². The Hall–Kier alpha value is -1.17. The highest BCUT2D eigenvalue weighted by Gasteiger charge is 2.48. The Balaban J connectivity index is 1.74. The van der Waals surface area contributed by atoms with Gasteiger partial charge in [-0.05, 0) is 30.4 Å². The third-order valence-electron chi connectivity index (χ3n) is 5.41. The van der Waals surface area contributed by atoms with Crippen LogP contribution in [-0.4, -0.2) is 50.8 Å². The largest absolute Gasteiger partial charge is 0.384 e. The molecule has 1 atom stereocenters. The predicted molar refractivity (Wildman–Crippen MR) is 89.5 cm³/mol. The molecule has 1 aromatic rings. The van der Waals surface area contributed by atoms with Crippen LogP contribution < -0.4 is 0 Å². The smallest absolute Gasteiger partial charge is 0.227 e. The average molecular weight is 356 g/mol. The van der Waals surface area contributed by atoms with Crippen LogP contribution in [0.25, 0.3) is 0 Å². The highest BCUT2D eigenvalue weighted by atomic mass is 35.5. The van der Waals surface area contributed by atoms with Gasteiger partial charge in [0.25, 0.3) is 0 Å². The first-order valence-corrected chi connectivity index (χ1v) is 8.71. The molecular weight excluding hydrogens is 333 g/mol. The fraction of sp³-hybridized carbons (Fsp3) is 0.611. The maximum absolute atomic E-state index is 14.0. The summed E-state index contributed by atoms with van der Waals surface area (Å²) in [5, 5.41) is 0.303. The molecule has 2 aliphatic heterocycles. The SMILES string of the molecule is COCC1CN(C(=O)Cc2c(F)cccc2Cl)CC12CCOCC2. The van der Waals surface area contributed by atoms with Crippen molar-refractivity contribution >= 4 is 17.5 Å². The van der Waals surface area contributed by atoms with Crippen LogP contribution in [0.4, 0.5) is 4.39 Å². The normalized spacial score (nSPS) is 23.0. The number of hydrogen-bond donors (Lipinski definition) is 0. The standard InChI is InChI=1S/C18H23ClFNO3/c1-23-11-13-10-21(12-18(13)5-7-24-8-6-18)17(22)9-14-15(19)3-2-4-16(14)20/h2-4,13H,5-12H2,1H3. The van der Waals surface area contributed by atoms with Gasteiger partial charge in [-0.2, -0.15) is 0 Å². The molecule has 1 unspecified atom stereocenters. The van der Waals surface area contributed by atoms with E-state index in [1.807, 2.05) is 4.90 Å². The van der Waals surface area contributed by atoms with Gasteiger partial charge in [0.1, 0.15) is 5.82 Å². The van der Waals surface area contributed by atoms with Crippen molar-refractivity contribution in [3.63, 3.8) is 0 Å². The van der Waals surface area contributed by atoms with E-state index < -0.39 is 5.82 Å². The van der Waals surface area contributed by atoms with E-state index in [0.29, 0.717) is 30.6 Å². The molecule has 0 bridgehead atoms. The van der Waals surface area contributed by atoms with Crippen LogP contribution in [0.1, 0.15) is 18.4 Å². The quantitative estimate of drug-likeness (QED) is 0.833. The average Bonchev–Trinajstić information content (AvgIpc) is 2.90. The lowest BCUT2D eigenvalue weighted by molar-refractivity contribution is -0.130. The fourth-order valence-electron chi connectivity index (χ4n) is 3.96. The zero-order valence-electron chi connectivity index (χ0n) is 13.9. The van der Waals surface area contributed by atoms with Gasteiger partial charge >= 0.3 is 0 Å². The molecule has 6 heteroatoms. The molecular formula is C18H23ClFNO3. The lowest BCUT2D eigenvalue weighted by Crippen LogP contribution is -2.39. The van der Waals surface area contributed by atoms with Gasteiger partial charge in [-0.25, -0.2) is 4.39 Å². The van der Waals surface area contributed by atoms with Crippen LogP contribution in [0, 0.1) is 17.2 Å². The summed E-state index contributed by atoms with van der Waals surface area (Å²) in [6, 6.07) is 4.50. The summed E-state index contributed by atoms with van der Waals surface area (Å²) in [6.45, 7) is 3.42. The summed E-state index contributed by atoms with van der Waals surface area (Å²) in [5.41, 5.74) is 0.337. The summed E-state index contributed by atoms with van der Waals surface area (Å²) in [4.78, 5) is 14.6. The van der Waals surface area contributed by atoms with E-state index in [-0.39, 0.29) is 23.3 Å². The number of rotatable bonds is 4. The minimum Gasteiger partial charge on any atom is -0.384 e. The molecule has 0 N–H and O–H groups in total. The molecule has 4 nitrogen and oxygen atoms in total. The molecule has 0 aromatic heterocycles. The monoisotopic (exact) mass is 355 g/mol. The van der Waals surface area contributed by atoms with Crippen molar-refractivity contribution in [2.45, 2.75) is 19.3 Å². The number of amides is 1. The van der Waals surface area contributed by atoms with E-state index in [0.717, 1.165) is 26.1 Å². The number of hydrogen-bond acceptors (Lipinski definition) is 3. The maximum Gasteiger partial charge on any atom is 0.227 e. The van der Waals surface area contributed by atoms with E-state index in [4.69, 9.17) is 21.1 Å². The van der Waals surface area contributed by atoms with Crippen molar-refractivity contribution in [2.24, 2.45) is 11.3 Å². The van der Waals surface area contributed by atoms with Crippen LogP contribution in [0.2, 0.25) is 5.02 Å². The molecule has 1 amide bonds. The third kappa shape index (κ3) is 3.44. The molecule has 3 rings (SSSR count). The van der Waals surface area contributed by atoms with E-state index in [9.17, 15) is 9.18 Å². The molecule has 0 radical (unpaired) electrons. The van der Waals surface area contributed by atoms with Crippen LogP contribution in [0.3, 0.4) is 0 Å². The first kappa shape index (κ1) is 17.6. The highest BCUT2D eigenvalue weighted by Crippen LogP contribution is 2.44. The van der Waals surface area contributed by atoms with Crippen LogP contribution in [0.15, 0.2) is 18.2 Å². The molecule has 0 aliphatic carbocycles. The predicted octanol–water partition coefficient (Wildman–Crippen LogP) is 2.92. The molecule has 0 saturated carbocycles. The lowest BCUT2D eigenvalue weighted by Gasteiger charge is -2.37. The molecule has 1 spiro atoms. The lowest BCUT2D eigenvalue weighted by atomic mass is 9.72. The van der Waals surface area contributed by atoms with Gasteiger partial charge in [-0.15, -0.1) is 0 Å². The molecule has 132 valence electrons. The molecule has 2 saturated heterocycles. The van der Waals surface area contributed by atoms with Crippen LogP contribution in [-0.2, 0) is 20.7 Å². The van der Waals surface area contributed by atoms with Crippen molar-refractivity contribution in [3.05, 3.63) is 34.6 Å². The highest BCUT2D eigenvalue weighted by molar-refractivity contribution is 6.31. The number of methoxy groups -OCH3 is 1. The number of ether oxygens (including phenoxy) is 2. The Kier molecular flexibility index (Phi) is 5.42. The van der Waals surface area contributed by atoms with Gasteiger partial charge in [0.2, 0.25) is 5.91 Å². The Morgan fingerprint density at radius 1 is 1.46 bits per heavy atom. The summed E-state index contributed by atoms with van der Waals surface area (Å²) in [6.07, 6.45) is 1.87. The van der Waals surface area contributed by atoms with Crippen molar-refractivity contribution in [2.75, 3.05) is 40.0 Å². The van der Waals surface area contributed by atoms with Gasteiger partial charge in [-0.3, -0.25) is 4.79 Å². The van der Waals surface area contributed by atoms with E-state index >= 15 is 0 Å². The molecule has 24 heavy (non-hydrogen) atoms.